The summed E-state index contributed by atoms with van der Waals surface area (Å²) in [5, 5.41) is 2.69. The van der Waals surface area contributed by atoms with Gasteiger partial charge in [-0.3, -0.25) is 4.79 Å². The Labute approximate surface area is 218 Å². The Hall–Kier alpha value is -2.71. The van der Waals surface area contributed by atoms with Crippen molar-refractivity contribution in [3.8, 4) is 11.5 Å². The molecular formula is C24H33N3O8S2. The number of carbonyl (C=O) groups excluding carboxylic acids is 1. The third-order valence-corrected chi connectivity index (χ3v) is 9.18. The van der Waals surface area contributed by atoms with Crippen molar-refractivity contribution in [2.75, 3.05) is 45.8 Å². The molecule has 2 N–H and O–H groups in total. The molecule has 0 aromatic heterocycles. The van der Waals surface area contributed by atoms with E-state index in [4.69, 9.17) is 14.2 Å². The van der Waals surface area contributed by atoms with Gasteiger partial charge in [0, 0.05) is 25.6 Å². The lowest BCUT2D eigenvalue weighted by Crippen LogP contribution is -2.40. The number of nitrogens with one attached hydrogen (secondary N) is 2. The number of hydrogen-bond donors (Lipinski definition) is 2. The first-order chi connectivity index (χ1) is 17.5. The molecular weight excluding hydrogens is 522 g/mol. The number of benzene rings is 2. The Bertz CT molecular complexity index is 1320. The number of rotatable bonds is 11. The summed E-state index contributed by atoms with van der Waals surface area (Å²) in [7, 11) is -4.61. The zero-order valence-corrected chi connectivity index (χ0v) is 22.9. The van der Waals surface area contributed by atoms with Gasteiger partial charge in [0.15, 0.2) is 0 Å². The van der Waals surface area contributed by atoms with Gasteiger partial charge < -0.3 is 19.5 Å². The molecule has 0 saturated carbocycles. The molecule has 0 bridgehead atoms. The van der Waals surface area contributed by atoms with Gasteiger partial charge in [0.25, 0.3) is 0 Å². The average molecular weight is 556 g/mol. The highest BCUT2D eigenvalue weighted by Gasteiger charge is 2.27. The van der Waals surface area contributed by atoms with Crippen molar-refractivity contribution < 1.29 is 35.8 Å². The first-order valence-electron chi connectivity index (χ1n) is 11.7. The number of aryl methyl sites for hydroxylation is 1. The number of nitrogens with zero attached hydrogens (tertiary/aromatic N) is 1. The molecule has 1 fully saturated rings. The zero-order valence-electron chi connectivity index (χ0n) is 21.3. The fourth-order valence-electron chi connectivity index (χ4n) is 3.84. The molecule has 0 unspecified atom stereocenters. The number of morpholine rings is 1. The predicted octanol–water partition coefficient (Wildman–Crippen LogP) is 1.98. The van der Waals surface area contributed by atoms with E-state index in [1.165, 1.54) is 48.9 Å². The predicted molar refractivity (Wildman–Crippen MR) is 138 cm³/mol. The minimum absolute atomic E-state index is 0.0121. The van der Waals surface area contributed by atoms with Crippen LogP contribution in [0.5, 0.6) is 11.5 Å². The highest BCUT2D eigenvalue weighted by molar-refractivity contribution is 7.89. The number of sulfonamides is 2. The lowest BCUT2D eigenvalue weighted by molar-refractivity contribution is -0.116. The minimum atomic E-state index is -3.78. The van der Waals surface area contributed by atoms with Crippen molar-refractivity contribution in [1.82, 2.24) is 9.03 Å². The number of carbonyl (C=O) groups is 1. The molecule has 0 aliphatic carbocycles. The third kappa shape index (κ3) is 7.20. The van der Waals surface area contributed by atoms with Crippen LogP contribution in [-0.2, 0) is 36.0 Å². The van der Waals surface area contributed by atoms with E-state index in [1.807, 2.05) is 0 Å². The van der Waals surface area contributed by atoms with Gasteiger partial charge >= 0.3 is 0 Å². The molecule has 1 aliphatic heterocycles. The van der Waals surface area contributed by atoms with Crippen molar-refractivity contribution in [2.45, 2.75) is 42.5 Å². The quantitative estimate of drug-likeness (QED) is 0.429. The van der Waals surface area contributed by atoms with Crippen molar-refractivity contribution >= 4 is 31.6 Å². The van der Waals surface area contributed by atoms with Gasteiger partial charge in [0.05, 0.1) is 42.9 Å². The first-order valence-corrected chi connectivity index (χ1v) is 14.7. The zero-order chi connectivity index (χ0) is 27.2. The van der Waals surface area contributed by atoms with Crippen LogP contribution in [0.1, 0.15) is 25.8 Å². The van der Waals surface area contributed by atoms with Crippen LogP contribution in [0.15, 0.2) is 46.2 Å². The van der Waals surface area contributed by atoms with E-state index in [0.29, 0.717) is 30.3 Å². The summed E-state index contributed by atoms with van der Waals surface area (Å²) in [6, 6.07) is 8.45. The van der Waals surface area contributed by atoms with Crippen LogP contribution in [0.3, 0.4) is 0 Å². The van der Waals surface area contributed by atoms with Crippen LogP contribution in [0, 0.1) is 0 Å². The molecule has 0 atom stereocenters. The Balaban J connectivity index is 1.77. The van der Waals surface area contributed by atoms with Gasteiger partial charge in [0.1, 0.15) is 11.5 Å². The molecule has 11 nitrogen and oxygen atoms in total. The molecule has 1 aliphatic rings. The Morgan fingerprint density at radius 2 is 1.59 bits per heavy atom. The summed E-state index contributed by atoms with van der Waals surface area (Å²) in [5.74, 6) is 0.348. The molecule has 204 valence electrons. The van der Waals surface area contributed by atoms with E-state index >= 15 is 0 Å². The molecule has 3 rings (SSSR count). The maximum Gasteiger partial charge on any atom is 0.243 e. The van der Waals surface area contributed by atoms with Gasteiger partial charge in [-0.1, -0.05) is 0 Å². The van der Waals surface area contributed by atoms with Crippen molar-refractivity contribution in [1.29, 1.82) is 0 Å². The topological polar surface area (TPSA) is 140 Å². The van der Waals surface area contributed by atoms with Gasteiger partial charge in [-0.05, 0) is 62.2 Å². The van der Waals surface area contributed by atoms with Crippen LogP contribution in [0.4, 0.5) is 5.69 Å². The Morgan fingerprint density at radius 1 is 0.973 bits per heavy atom. The largest absolute Gasteiger partial charge is 0.496 e. The molecule has 1 heterocycles. The van der Waals surface area contributed by atoms with Crippen LogP contribution in [0.2, 0.25) is 0 Å². The van der Waals surface area contributed by atoms with Crippen molar-refractivity contribution in [3.05, 3.63) is 42.0 Å². The van der Waals surface area contributed by atoms with Crippen molar-refractivity contribution in [2.24, 2.45) is 0 Å². The van der Waals surface area contributed by atoms with Crippen LogP contribution >= 0.6 is 0 Å². The lowest BCUT2D eigenvalue weighted by atomic mass is 10.1. The molecule has 2 aromatic carbocycles. The summed E-state index contributed by atoms with van der Waals surface area (Å²) in [6.07, 6.45) is 0.179. The Kier molecular flexibility index (Phi) is 9.53. The summed E-state index contributed by atoms with van der Waals surface area (Å²) < 4.78 is 71.0. The lowest BCUT2D eigenvalue weighted by Gasteiger charge is -2.26. The van der Waals surface area contributed by atoms with Crippen molar-refractivity contribution in [3.63, 3.8) is 0 Å². The number of hydrogen-bond acceptors (Lipinski definition) is 8. The molecule has 1 amide bonds. The normalized spacial score (nSPS) is 14.9. The van der Waals surface area contributed by atoms with Crippen LogP contribution in [0.25, 0.3) is 0 Å². The van der Waals surface area contributed by atoms with Gasteiger partial charge in [-0.25, -0.2) is 21.6 Å². The summed E-state index contributed by atoms with van der Waals surface area (Å²) in [6.45, 7) is 4.63. The molecule has 1 saturated heterocycles. The monoisotopic (exact) mass is 555 g/mol. The molecule has 13 heteroatoms. The second-order valence-corrected chi connectivity index (χ2v) is 12.3. The number of methoxy groups -OCH3 is 2. The third-order valence-electron chi connectivity index (χ3n) is 5.63. The number of anilines is 1. The van der Waals surface area contributed by atoms with E-state index < -0.39 is 26.0 Å². The van der Waals surface area contributed by atoms with E-state index in [2.05, 4.69) is 10.0 Å². The Morgan fingerprint density at radius 3 is 2.22 bits per heavy atom. The number of amides is 1. The van der Waals surface area contributed by atoms with Gasteiger partial charge in [-0.2, -0.15) is 4.31 Å². The summed E-state index contributed by atoms with van der Waals surface area (Å²) in [4.78, 5) is 12.9. The fourth-order valence-corrected chi connectivity index (χ4v) is 6.57. The molecule has 0 radical (unpaired) electrons. The standard InChI is InChI=1S/C24H33N3O8S2/c1-17(2)26-36(29,30)19-6-9-23(34-4)21(16-19)25-24(28)10-5-18-15-20(7-8-22(18)33-3)37(31,32)27-11-13-35-14-12-27/h6-9,15-17,26H,5,10-14H2,1-4H3,(H,25,28). The maximum atomic E-state index is 13.1. The first kappa shape index (κ1) is 28.9. The van der Waals surface area contributed by atoms with Gasteiger partial charge in [-0.15, -0.1) is 0 Å². The van der Waals surface area contributed by atoms with E-state index in [9.17, 15) is 21.6 Å². The van der Waals surface area contributed by atoms with Gasteiger partial charge in [0.2, 0.25) is 26.0 Å². The second-order valence-electron chi connectivity index (χ2n) is 8.68. The molecule has 37 heavy (non-hydrogen) atoms. The second kappa shape index (κ2) is 12.2. The summed E-state index contributed by atoms with van der Waals surface area (Å²) >= 11 is 0. The smallest absolute Gasteiger partial charge is 0.243 e. The highest BCUT2D eigenvalue weighted by atomic mass is 32.2. The average Bonchev–Trinajstić information content (AvgIpc) is 2.87. The van der Waals surface area contributed by atoms with E-state index in [-0.39, 0.29) is 47.5 Å². The van der Waals surface area contributed by atoms with Crippen LogP contribution < -0.4 is 19.5 Å². The molecule has 0 spiro atoms. The summed E-state index contributed by atoms with van der Waals surface area (Å²) in [5.41, 5.74) is 0.756. The highest BCUT2D eigenvalue weighted by Crippen LogP contribution is 2.29. The molecule has 2 aromatic rings. The minimum Gasteiger partial charge on any atom is -0.496 e. The van der Waals surface area contributed by atoms with E-state index in [1.54, 1.807) is 19.9 Å². The maximum absolute atomic E-state index is 13.1. The van der Waals surface area contributed by atoms with Crippen LogP contribution in [-0.4, -0.2) is 73.6 Å². The fraction of sp³-hybridized carbons (Fsp3) is 0.458. The van der Waals surface area contributed by atoms with E-state index in [0.717, 1.165) is 0 Å². The SMILES string of the molecule is COc1ccc(S(=O)(=O)N2CCOCC2)cc1CCC(=O)Nc1cc(S(=O)(=O)NC(C)C)ccc1OC. The number of ether oxygens (including phenoxy) is 3.